The lowest BCUT2D eigenvalue weighted by atomic mass is 9.77. The SMILES string of the molecule is c1ccc(-c2ccc(N(c3cccc([Si](c4ccccc4)(c4ccccc4)c4ccccc4)c3)c3ccccc3-c3ccccc3-c3cccc4c(-c5ccccc5)c(-c5ccccc5)c(-c5ccccc5)c(-c5ccccc5)c34)cc2)cc1. The molecule has 0 heterocycles. The molecule has 0 spiro atoms. The largest absolute Gasteiger partial charge is 0.310 e. The summed E-state index contributed by atoms with van der Waals surface area (Å²) < 4.78 is 0. The second-order valence-electron chi connectivity index (χ2n) is 21.4. The summed E-state index contributed by atoms with van der Waals surface area (Å²) in [4.78, 5) is 2.50. The van der Waals surface area contributed by atoms with Crippen LogP contribution >= 0.6 is 0 Å². The first kappa shape index (κ1) is 51.5. The zero-order valence-electron chi connectivity index (χ0n) is 46.5. The predicted octanol–water partition coefficient (Wildman–Crippen LogP) is 19.4. The van der Waals surface area contributed by atoms with Crippen molar-refractivity contribution in [3.63, 3.8) is 0 Å². The van der Waals surface area contributed by atoms with Crippen LogP contribution in [0.4, 0.5) is 17.1 Å². The van der Waals surface area contributed by atoms with Gasteiger partial charge < -0.3 is 4.90 Å². The van der Waals surface area contributed by atoms with Crippen LogP contribution in [-0.4, -0.2) is 8.07 Å². The van der Waals surface area contributed by atoms with Gasteiger partial charge in [0.05, 0.1) is 5.69 Å². The fraction of sp³-hybridized carbons (Fsp3) is 0. The van der Waals surface area contributed by atoms with Crippen LogP contribution in [0.25, 0.3) is 88.7 Å². The van der Waals surface area contributed by atoms with E-state index in [0.717, 1.165) is 50.4 Å². The molecule has 396 valence electrons. The average Bonchev–Trinajstić information content (AvgIpc) is 2.59. The third-order valence-corrected chi connectivity index (χ3v) is 21.4. The van der Waals surface area contributed by atoms with Gasteiger partial charge in [-0.15, -0.1) is 0 Å². The molecule has 0 aliphatic carbocycles. The van der Waals surface area contributed by atoms with Crippen molar-refractivity contribution in [3.8, 4) is 77.9 Å². The van der Waals surface area contributed by atoms with Crippen molar-refractivity contribution >= 4 is 56.7 Å². The Morgan fingerprint density at radius 1 is 0.202 bits per heavy atom. The van der Waals surface area contributed by atoms with E-state index in [-0.39, 0.29) is 0 Å². The van der Waals surface area contributed by atoms with Crippen molar-refractivity contribution in [2.75, 3.05) is 4.90 Å². The van der Waals surface area contributed by atoms with Crippen molar-refractivity contribution in [2.24, 2.45) is 0 Å². The van der Waals surface area contributed by atoms with Gasteiger partial charge in [-0.05, 0) is 134 Å². The standard InChI is InChI=1S/C82H59NSi/c1-9-31-60(32-10-1)61-55-57-66(58-56-61)83(67-41-29-48-71(59-67)84(68-42-19-6-20-43-68,69-44-21-7-22-45-69)70-46-23-8-24-47-70)77-54-28-27-51-74(77)72-49-25-26-50-73(72)75-52-30-53-76-78(62-33-11-2-12-34-62)79(63-35-13-3-14-36-63)80(64-37-15-4-16-38-64)81(82(75)76)65-39-17-5-18-40-65/h1-59H. The molecule has 0 radical (unpaired) electrons. The Hall–Kier alpha value is -10.6. The van der Waals surface area contributed by atoms with Gasteiger partial charge in [0, 0.05) is 16.9 Å². The van der Waals surface area contributed by atoms with Crippen LogP contribution in [0.3, 0.4) is 0 Å². The molecule has 0 atom stereocenters. The Morgan fingerprint density at radius 3 is 1.05 bits per heavy atom. The number of nitrogens with zero attached hydrogens (tertiary/aromatic N) is 1. The minimum atomic E-state index is -2.93. The third kappa shape index (κ3) is 9.45. The van der Waals surface area contributed by atoms with Gasteiger partial charge in [-0.1, -0.05) is 328 Å². The first-order valence-electron chi connectivity index (χ1n) is 29.0. The van der Waals surface area contributed by atoms with E-state index in [1.54, 1.807) is 0 Å². The Bertz CT molecular complexity index is 4440. The molecule has 84 heavy (non-hydrogen) atoms. The molecule has 1 nitrogen and oxygen atoms in total. The molecule has 0 N–H and O–H groups in total. The van der Waals surface area contributed by atoms with E-state index in [2.05, 4.69) is 363 Å². The molecule has 0 bridgehead atoms. The summed E-state index contributed by atoms with van der Waals surface area (Å²) in [5, 5.41) is 7.70. The highest BCUT2D eigenvalue weighted by Crippen LogP contribution is 2.54. The topological polar surface area (TPSA) is 3.24 Å². The summed E-state index contributed by atoms with van der Waals surface area (Å²) in [5.74, 6) is 0. The van der Waals surface area contributed by atoms with Crippen LogP contribution < -0.4 is 25.6 Å². The molecule has 2 heteroatoms. The Morgan fingerprint density at radius 2 is 0.548 bits per heavy atom. The smallest absolute Gasteiger partial charge is 0.179 e. The minimum Gasteiger partial charge on any atom is -0.310 e. The van der Waals surface area contributed by atoms with Crippen molar-refractivity contribution in [2.45, 2.75) is 0 Å². The molecular formula is C82H59NSi. The lowest BCUT2D eigenvalue weighted by molar-refractivity contribution is 1.29. The normalized spacial score (nSPS) is 11.3. The Labute approximate surface area is 494 Å². The first-order valence-corrected chi connectivity index (χ1v) is 31.0. The van der Waals surface area contributed by atoms with Gasteiger partial charge in [-0.3, -0.25) is 0 Å². The van der Waals surface area contributed by atoms with Gasteiger partial charge in [0.1, 0.15) is 0 Å². The summed E-state index contributed by atoms with van der Waals surface area (Å²) in [5.41, 5.74) is 19.6. The van der Waals surface area contributed by atoms with E-state index < -0.39 is 8.07 Å². The Kier molecular flexibility index (Phi) is 14.1. The number of benzene rings is 14. The summed E-state index contributed by atoms with van der Waals surface area (Å²) in [6, 6.07) is 132. The van der Waals surface area contributed by atoms with Crippen LogP contribution in [0, 0.1) is 0 Å². The number of hydrogen-bond acceptors (Lipinski definition) is 1. The molecule has 0 fully saturated rings. The van der Waals surface area contributed by atoms with Crippen molar-refractivity contribution in [3.05, 3.63) is 358 Å². The molecule has 0 aliphatic rings. The molecule has 14 aromatic carbocycles. The number of fused-ring (bicyclic) bond motifs is 1. The summed E-state index contributed by atoms with van der Waals surface area (Å²) in [6.45, 7) is 0. The molecule has 14 rings (SSSR count). The van der Waals surface area contributed by atoms with Gasteiger partial charge >= 0.3 is 0 Å². The van der Waals surface area contributed by atoms with Crippen molar-refractivity contribution < 1.29 is 0 Å². The Balaban J connectivity index is 1.05. The zero-order valence-corrected chi connectivity index (χ0v) is 47.5. The number of rotatable bonds is 14. The summed E-state index contributed by atoms with van der Waals surface area (Å²) in [6.07, 6.45) is 0. The maximum Gasteiger partial charge on any atom is 0.179 e. The van der Waals surface area contributed by atoms with Crippen LogP contribution in [0.15, 0.2) is 358 Å². The van der Waals surface area contributed by atoms with Crippen LogP contribution in [0.5, 0.6) is 0 Å². The summed E-state index contributed by atoms with van der Waals surface area (Å²) in [7, 11) is -2.93. The molecular weight excluding hydrogens is 1030 g/mol. The molecule has 0 saturated heterocycles. The maximum atomic E-state index is 2.50. The van der Waals surface area contributed by atoms with Crippen molar-refractivity contribution in [1.82, 2.24) is 0 Å². The highest BCUT2D eigenvalue weighted by atomic mass is 28.3. The van der Waals surface area contributed by atoms with Gasteiger partial charge in [0.2, 0.25) is 0 Å². The second-order valence-corrected chi connectivity index (χ2v) is 25.2. The minimum absolute atomic E-state index is 1.06. The summed E-state index contributed by atoms with van der Waals surface area (Å²) >= 11 is 0. The van der Waals surface area contributed by atoms with Crippen LogP contribution in [0.1, 0.15) is 0 Å². The molecule has 0 saturated carbocycles. The van der Waals surface area contributed by atoms with Gasteiger partial charge in [0.15, 0.2) is 8.07 Å². The van der Waals surface area contributed by atoms with E-state index in [1.807, 2.05) is 0 Å². The number of para-hydroxylation sites is 1. The van der Waals surface area contributed by atoms with Gasteiger partial charge in [-0.25, -0.2) is 0 Å². The fourth-order valence-electron chi connectivity index (χ4n) is 13.0. The maximum absolute atomic E-state index is 2.93. The lowest BCUT2D eigenvalue weighted by Crippen LogP contribution is -2.74. The molecule has 0 aliphatic heterocycles. The molecule has 0 amide bonds. The van der Waals surface area contributed by atoms with E-state index in [1.165, 1.54) is 76.0 Å². The first-order chi connectivity index (χ1) is 41.7. The lowest BCUT2D eigenvalue weighted by Gasteiger charge is -2.36. The van der Waals surface area contributed by atoms with E-state index in [0.29, 0.717) is 0 Å². The van der Waals surface area contributed by atoms with Crippen LogP contribution in [0.2, 0.25) is 0 Å². The zero-order chi connectivity index (χ0) is 56.1. The second kappa shape index (κ2) is 23.1. The monoisotopic (exact) mass is 1090 g/mol. The van der Waals surface area contributed by atoms with Crippen molar-refractivity contribution in [1.29, 1.82) is 0 Å². The third-order valence-electron chi connectivity index (χ3n) is 16.6. The molecule has 0 aromatic heterocycles. The van der Waals surface area contributed by atoms with Gasteiger partial charge in [0.25, 0.3) is 0 Å². The highest BCUT2D eigenvalue weighted by molar-refractivity contribution is 7.20. The molecule has 14 aromatic rings. The van der Waals surface area contributed by atoms with E-state index in [9.17, 15) is 0 Å². The fourth-order valence-corrected chi connectivity index (χ4v) is 17.8. The van der Waals surface area contributed by atoms with E-state index >= 15 is 0 Å². The predicted molar refractivity (Wildman–Crippen MR) is 360 cm³/mol. The highest BCUT2D eigenvalue weighted by Gasteiger charge is 2.42. The van der Waals surface area contributed by atoms with E-state index in [4.69, 9.17) is 0 Å². The van der Waals surface area contributed by atoms with Gasteiger partial charge in [-0.2, -0.15) is 0 Å². The average molecular weight is 1090 g/mol. The quantitative estimate of drug-likeness (QED) is 0.0775. The van der Waals surface area contributed by atoms with Crippen LogP contribution in [-0.2, 0) is 0 Å². The molecule has 0 unspecified atom stereocenters. The number of anilines is 3. The number of hydrogen-bond donors (Lipinski definition) is 0.